The third-order valence-electron chi connectivity index (χ3n) is 2.98. The van der Waals surface area contributed by atoms with Crippen molar-refractivity contribution in [3.63, 3.8) is 0 Å². The Bertz CT molecular complexity index is 702. The number of nitrogens with two attached hydrogens (primary N) is 1. The molecule has 0 heterocycles. The first-order valence-corrected chi connectivity index (χ1v) is 6.74. The molecule has 0 saturated carbocycles. The van der Waals surface area contributed by atoms with E-state index in [1.54, 1.807) is 12.1 Å². The summed E-state index contributed by atoms with van der Waals surface area (Å²) < 4.78 is 10.1. The molecule has 2 N–H and O–H groups in total. The SMILES string of the molecule is COc1ccc(C(=O)c2cc(Cl)c(OC)cc2Cl)cc1N. The van der Waals surface area contributed by atoms with Crippen LogP contribution in [0.4, 0.5) is 5.69 Å². The van der Waals surface area contributed by atoms with Gasteiger partial charge in [-0.15, -0.1) is 0 Å². The number of benzene rings is 2. The molecular formula is C15H13Cl2NO3. The lowest BCUT2D eigenvalue weighted by Gasteiger charge is -2.10. The smallest absolute Gasteiger partial charge is 0.194 e. The zero-order valence-electron chi connectivity index (χ0n) is 11.4. The molecule has 0 radical (unpaired) electrons. The first kappa shape index (κ1) is 15.5. The van der Waals surface area contributed by atoms with Crippen LogP contribution in [0.1, 0.15) is 15.9 Å². The van der Waals surface area contributed by atoms with Crippen molar-refractivity contribution >= 4 is 34.7 Å². The van der Waals surface area contributed by atoms with E-state index in [2.05, 4.69) is 0 Å². The second-order valence-corrected chi connectivity index (χ2v) is 5.07. The molecule has 6 heteroatoms. The number of rotatable bonds is 4. The standard InChI is InChI=1S/C15H13Cl2NO3/c1-20-13-4-3-8(5-12(13)18)15(19)9-6-11(17)14(21-2)7-10(9)16/h3-7H,18H2,1-2H3. The van der Waals surface area contributed by atoms with Gasteiger partial charge in [0.2, 0.25) is 0 Å². The minimum atomic E-state index is -0.279. The molecule has 0 aliphatic rings. The summed E-state index contributed by atoms with van der Waals surface area (Å²) in [5.74, 6) is 0.636. The summed E-state index contributed by atoms with van der Waals surface area (Å²) in [6, 6.07) is 7.76. The first-order chi connectivity index (χ1) is 9.97. The summed E-state index contributed by atoms with van der Waals surface area (Å²) in [6.07, 6.45) is 0. The summed E-state index contributed by atoms with van der Waals surface area (Å²) in [4.78, 5) is 12.5. The Kier molecular flexibility index (Phi) is 4.60. The van der Waals surface area contributed by atoms with Crippen LogP contribution in [0.25, 0.3) is 0 Å². The summed E-state index contributed by atoms with van der Waals surface area (Å²) in [5, 5.41) is 0.572. The summed E-state index contributed by atoms with van der Waals surface area (Å²) in [5.41, 5.74) is 6.86. The van der Waals surface area contributed by atoms with Gasteiger partial charge in [0.25, 0.3) is 0 Å². The number of carbonyl (C=O) groups excluding carboxylic acids is 1. The van der Waals surface area contributed by atoms with Gasteiger partial charge in [-0.2, -0.15) is 0 Å². The summed E-state index contributed by atoms with van der Waals surface area (Å²) >= 11 is 12.1. The van der Waals surface area contributed by atoms with E-state index in [0.717, 1.165) is 0 Å². The number of ether oxygens (including phenoxy) is 2. The van der Waals surface area contributed by atoms with Crippen molar-refractivity contribution in [3.05, 3.63) is 51.5 Å². The van der Waals surface area contributed by atoms with Crippen LogP contribution >= 0.6 is 23.2 Å². The van der Waals surface area contributed by atoms with E-state index in [0.29, 0.717) is 27.8 Å². The van der Waals surface area contributed by atoms with Gasteiger partial charge >= 0.3 is 0 Å². The van der Waals surface area contributed by atoms with Gasteiger partial charge in [0.1, 0.15) is 11.5 Å². The van der Waals surface area contributed by atoms with Gasteiger partial charge in [0.05, 0.1) is 30.0 Å². The van der Waals surface area contributed by atoms with Gasteiger partial charge in [0, 0.05) is 17.2 Å². The monoisotopic (exact) mass is 325 g/mol. The van der Waals surface area contributed by atoms with E-state index < -0.39 is 0 Å². The van der Waals surface area contributed by atoms with Crippen LogP contribution in [-0.4, -0.2) is 20.0 Å². The number of methoxy groups -OCH3 is 2. The summed E-state index contributed by atoms with van der Waals surface area (Å²) in [6.45, 7) is 0. The number of carbonyl (C=O) groups is 1. The summed E-state index contributed by atoms with van der Waals surface area (Å²) in [7, 11) is 2.98. The Balaban J connectivity index is 2.45. The molecule has 0 aliphatic carbocycles. The molecule has 0 fully saturated rings. The van der Waals surface area contributed by atoms with Crippen molar-refractivity contribution in [2.45, 2.75) is 0 Å². The van der Waals surface area contributed by atoms with Gasteiger partial charge in [-0.05, 0) is 24.3 Å². The normalized spacial score (nSPS) is 10.3. The average Bonchev–Trinajstić information content (AvgIpc) is 2.48. The fraction of sp³-hybridized carbons (Fsp3) is 0.133. The molecule has 2 aromatic carbocycles. The van der Waals surface area contributed by atoms with E-state index in [4.69, 9.17) is 38.4 Å². The largest absolute Gasteiger partial charge is 0.495 e. The fourth-order valence-electron chi connectivity index (χ4n) is 1.89. The number of anilines is 1. The van der Waals surface area contributed by atoms with E-state index in [1.807, 2.05) is 0 Å². The molecule has 0 amide bonds. The van der Waals surface area contributed by atoms with Crippen LogP contribution < -0.4 is 15.2 Å². The molecule has 4 nitrogen and oxygen atoms in total. The number of nitrogen functional groups attached to an aromatic ring is 1. The highest BCUT2D eigenvalue weighted by Gasteiger charge is 2.17. The van der Waals surface area contributed by atoms with E-state index in [-0.39, 0.29) is 16.4 Å². The Hall–Kier alpha value is -1.91. The quantitative estimate of drug-likeness (QED) is 0.685. The number of hydrogen-bond donors (Lipinski definition) is 1. The Morgan fingerprint density at radius 3 is 2.24 bits per heavy atom. The van der Waals surface area contributed by atoms with Crippen LogP contribution in [0.2, 0.25) is 10.0 Å². The van der Waals surface area contributed by atoms with Crippen molar-refractivity contribution in [2.24, 2.45) is 0 Å². The third-order valence-corrected chi connectivity index (χ3v) is 3.59. The van der Waals surface area contributed by atoms with E-state index in [1.165, 1.54) is 32.4 Å². The number of ketones is 1. The molecule has 0 saturated heterocycles. The zero-order chi connectivity index (χ0) is 15.6. The van der Waals surface area contributed by atoms with Gasteiger partial charge in [-0.1, -0.05) is 23.2 Å². The maximum Gasteiger partial charge on any atom is 0.194 e. The first-order valence-electron chi connectivity index (χ1n) is 5.99. The Morgan fingerprint density at radius 1 is 1.00 bits per heavy atom. The van der Waals surface area contributed by atoms with Crippen molar-refractivity contribution < 1.29 is 14.3 Å². The molecule has 21 heavy (non-hydrogen) atoms. The Morgan fingerprint density at radius 2 is 1.67 bits per heavy atom. The molecule has 2 aromatic rings. The molecule has 0 spiro atoms. The molecule has 0 bridgehead atoms. The van der Waals surface area contributed by atoms with Gasteiger partial charge < -0.3 is 15.2 Å². The molecule has 0 aromatic heterocycles. The topological polar surface area (TPSA) is 61.5 Å². The lowest BCUT2D eigenvalue weighted by molar-refractivity contribution is 0.103. The lowest BCUT2D eigenvalue weighted by atomic mass is 10.0. The number of halogens is 2. The van der Waals surface area contributed by atoms with Gasteiger partial charge in [-0.3, -0.25) is 4.79 Å². The van der Waals surface area contributed by atoms with E-state index in [9.17, 15) is 4.79 Å². The van der Waals surface area contributed by atoms with Crippen LogP contribution in [0, 0.1) is 0 Å². The average molecular weight is 326 g/mol. The van der Waals surface area contributed by atoms with Crippen molar-refractivity contribution in [3.8, 4) is 11.5 Å². The third kappa shape index (κ3) is 3.06. The molecular weight excluding hydrogens is 313 g/mol. The molecule has 2 rings (SSSR count). The molecule has 0 unspecified atom stereocenters. The minimum absolute atomic E-state index is 0.260. The van der Waals surface area contributed by atoms with Crippen LogP contribution in [0.3, 0.4) is 0 Å². The highest BCUT2D eigenvalue weighted by molar-refractivity contribution is 6.37. The second-order valence-electron chi connectivity index (χ2n) is 4.25. The number of hydrogen-bond acceptors (Lipinski definition) is 4. The minimum Gasteiger partial charge on any atom is -0.495 e. The Labute approximate surface area is 132 Å². The van der Waals surface area contributed by atoms with Crippen LogP contribution in [0.15, 0.2) is 30.3 Å². The van der Waals surface area contributed by atoms with Crippen molar-refractivity contribution in [1.29, 1.82) is 0 Å². The van der Waals surface area contributed by atoms with Crippen LogP contribution in [-0.2, 0) is 0 Å². The van der Waals surface area contributed by atoms with E-state index >= 15 is 0 Å². The maximum absolute atomic E-state index is 12.5. The van der Waals surface area contributed by atoms with Crippen LogP contribution in [0.5, 0.6) is 11.5 Å². The lowest BCUT2D eigenvalue weighted by Crippen LogP contribution is -2.04. The van der Waals surface area contributed by atoms with Gasteiger partial charge in [0.15, 0.2) is 5.78 Å². The molecule has 0 aliphatic heterocycles. The van der Waals surface area contributed by atoms with Gasteiger partial charge in [-0.25, -0.2) is 0 Å². The molecule has 0 atom stereocenters. The predicted molar refractivity (Wildman–Crippen MR) is 83.9 cm³/mol. The molecule has 110 valence electrons. The highest BCUT2D eigenvalue weighted by atomic mass is 35.5. The maximum atomic E-state index is 12.5. The predicted octanol–water partition coefficient (Wildman–Crippen LogP) is 3.82. The fourth-order valence-corrected chi connectivity index (χ4v) is 2.37. The van der Waals surface area contributed by atoms with Crippen molar-refractivity contribution in [2.75, 3.05) is 20.0 Å². The zero-order valence-corrected chi connectivity index (χ0v) is 13.0. The highest BCUT2D eigenvalue weighted by Crippen LogP contribution is 2.33. The second kappa shape index (κ2) is 6.24. The van der Waals surface area contributed by atoms with Crippen molar-refractivity contribution in [1.82, 2.24) is 0 Å².